The van der Waals surface area contributed by atoms with Crippen LogP contribution < -0.4 is 9.47 Å². The van der Waals surface area contributed by atoms with E-state index >= 15 is 0 Å². The lowest BCUT2D eigenvalue weighted by Crippen LogP contribution is -2.30. The molecule has 176 valence electrons. The molecule has 3 aromatic rings. The fraction of sp³-hybridized carbons (Fsp3) is 0.444. The van der Waals surface area contributed by atoms with Crippen LogP contribution in [-0.2, 0) is 10.2 Å². The average molecular weight is 477 g/mol. The monoisotopic (exact) mass is 476 g/mol. The molecule has 34 heavy (non-hydrogen) atoms. The fourth-order valence-corrected chi connectivity index (χ4v) is 5.57. The van der Waals surface area contributed by atoms with Gasteiger partial charge in [0.2, 0.25) is 11.7 Å². The zero-order chi connectivity index (χ0) is 23.5. The van der Waals surface area contributed by atoms with E-state index in [0.717, 1.165) is 40.3 Å². The Morgan fingerprint density at radius 1 is 1.15 bits per heavy atom. The number of aromatic nitrogens is 2. The third kappa shape index (κ3) is 4.74. The Labute approximate surface area is 203 Å². The van der Waals surface area contributed by atoms with E-state index < -0.39 is 5.41 Å². The minimum Gasteiger partial charge on any atom is -0.493 e. The van der Waals surface area contributed by atoms with Crippen LogP contribution >= 0.6 is 11.3 Å². The number of carbonyl (C=O) groups is 1. The van der Waals surface area contributed by atoms with Crippen molar-refractivity contribution >= 4 is 17.1 Å². The second kappa shape index (κ2) is 9.63. The molecular weight excluding hydrogens is 448 g/mol. The third-order valence-corrected chi connectivity index (χ3v) is 7.69. The summed E-state index contributed by atoms with van der Waals surface area (Å²) in [6.45, 7) is 1.78. The Bertz CT molecular complexity index is 1230. The van der Waals surface area contributed by atoms with E-state index in [-0.39, 0.29) is 6.10 Å². The Morgan fingerprint density at radius 3 is 2.65 bits per heavy atom. The molecule has 2 aromatic heterocycles. The fourth-order valence-electron chi connectivity index (χ4n) is 4.80. The first-order valence-electron chi connectivity index (χ1n) is 11.8. The van der Waals surface area contributed by atoms with Crippen LogP contribution in [0.4, 0.5) is 0 Å². The van der Waals surface area contributed by atoms with Gasteiger partial charge >= 0.3 is 0 Å². The number of nitrogens with zero attached hydrogens (tertiary/aromatic N) is 2. The molecule has 0 spiro atoms. The van der Waals surface area contributed by atoms with Gasteiger partial charge in [-0.1, -0.05) is 23.1 Å². The van der Waals surface area contributed by atoms with Gasteiger partial charge in [-0.15, -0.1) is 11.3 Å². The van der Waals surface area contributed by atoms with Gasteiger partial charge in [-0.3, -0.25) is 4.79 Å². The average Bonchev–Trinajstić information content (AvgIpc) is 3.61. The van der Waals surface area contributed by atoms with Crippen molar-refractivity contribution in [1.29, 1.82) is 0 Å². The third-order valence-electron chi connectivity index (χ3n) is 6.77. The van der Waals surface area contributed by atoms with Crippen molar-refractivity contribution in [2.75, 3.05) is 7.11 Å². The van der Waals surface area contributed by atoms with E-state index in [1.165, 1.54) is 12.8 Å². The Morgan fingerprint density at radius 2 is 1.94 bits per heavy atom. The summed E-state index contributed by atoms with van der Waals surface area (Å²) in [5, 5.41) is 6.01. The normalized spacial score (nSPS) is 17.9. The summed E-state index contributed by atoms with van der Waals surface area (Å²) in [6, 6.07) is 8.13. The lowest BCUT2D eigenvalue weighted by Gasteiger charge is -2.33. The number of carbonyl (C=O) groups excluding carboxylic acids is 1. The Balaban J connectivity index is 1.47. The van der Waals surface area contributed by atoms with Crippen LogP contribution in [0.5, 0.6) is 11.5 Å². The number of aryl methyl sites for hydroxylation is 1. The maximum Gasteiger partial charge on any atom is 0.223 e. The van der Waals surface area contributed by atoms with Crippen LogP contribution in [0.1, 0.15) is 68.4 Å². The molecule has 2 saturated carbocycles. The van der Waals surface area contributed by atoms with Crippen LogP contribution in [0.15, 0.2) is 34.2 Å². The van der Waals surface area contributed by atoms with Crippen molar-refractivity contribution < 1.29 is 18.8 Å². The standard InChI is InChI=1S/C27H28N2O4S/c1-18-28-26(29-33-18)25-15-19(17-34-25)9-12-27(13-10-21(30)11-14-27)20-7-8-23(31-2)24(16-20)32-22-5-3-4-6-22/h7-8,15-17,22H,3-6,10-11,13-14H2,1-2H3. The summed E-state index contributed by atoms with van der Waals surface area (Å²) in [5.41, 5.74) is 1.60. The number of methoxy groups -OCH3 is 1. The number of ketones is 1. The molecule has 0 N–H and O–H groups in total. The summed E-state index contributed by atoms with van der Waals surface area (Å²) < 4.78 is 17.0. The molecule has 1 aromatic carbocycles. The molecule has 0 radical (unpaired) electrons. The molecule has 0 unspecified atom stereocenters. The highest BCUT2D eigenvalue weighted by Gasteiger charge is 2.36. The SMILES string of the molecule is COc1ccc(C2(C#Cc3csc(-c4noc(C)n4)c3)CCC(=O)CC2)cc1OC1CCCC1. The zero-order valence-electron chi connectivity index (χ0n) is 19.6. The van der Waals surface area contributed by atoms with E-state index in [4.69, 9.17) is 14.0 Å². The predicted octanol–water partition coefficient (Wildman–Crippen LogP) is 5.87. The van der Waals surface area contributed by atoms with Crippen molar-refractivity contribution in [3.63, 3.8) is 0 Å². The molecule has 0 amide bonds. The van der Waals surface area contributed by atoms with Gasteiger partial charge < -0.3 is 14.0 Å². The van der Waals surface area contributed by atoms with Crippen LogP contribution in [0.25, 0.3) is 10.7 Å². The topological polar surface area (TPSA) is 74.5 Å². The molecular formula is C27H28N2O4S. The van der Waals surface area contributed by atoms with Gasteiger partial charge in [0.25, 0.3) is 0 Å². The van der Waals surface area contributed by atoms with Crippen molar-refractivity contribution in [3.8, 4) is 34.0 Å². The molecule has 5 rings (SSSR count). The summed E-state index contributed by atoms with van der Waals surface area (Å²) in [5.74, 6) is 9.87. The lowest BCUT2D eigenvalue weighted by atomic mass is 9.69. The second-order valence-corrected chi connectivity index (χ2v) is 10.0. The Hall–Kier alpha value is -3.11. The zero-order valence-corrected chi connectivity index (χ0v) is 20.4. The highest BCUT2D eigenvalue weighted by molar-refractivity contribution is 7.13. The molecule has 7 heteroatoms. The first-order chi connectivity index (χ1) is 16.5. The Kier molecular flexibility index (Phi) is 6.42. The number of rotatable bonds is 5. The molecule has 0 atom stereocenters. The van der Waals surface area contributed by atoms with E-state index in [0.29, 0.717) is 43.2 Å². The quantitative estimate of drug-likeness (QED) is 0.429. The highest BCUT2D eigenvalue weighted by Crippen LogP contribution is 2.42. The van der Waals surface area contributed by atoms with Gasteiger partial charge in [0.15, 0.2) is 11.5 Å². The number of ether oxygens (including phenoxy) is 2. The summed E-state index contributed by atoms with van der Waals surface area (Å²) in [7, 11) is 1.67. The van der Waals surface area contributed by atoms with Crippen molar-refractivity contribution in [1.82, 2.24) is 10.1 Å². The van der Waals surface area contributed by atoms with Gasteiger partial charge in [0.05, 0.1) is 23.5 Å². The number of hydrogen-bond acceptors (Lipinski definition) is 7. The number of benzene rings is 1. The minimum absolute atomic E-state index is 0.233. The summed E-state index contributed by atoms with van der Waals surface area (Å²) >= 11 is 1.54. The van der Waals surface area contributed by atoms with Gasteiger partial charge in [0, 0.05) is 30.7 Å². The largest absolute Gasteiger partial charge is 0.493 e. The molecule has 0 aliphatic heterocycles. The van der Waals surface area contributed by atoms with Crippen LogP contribution in [-0.4, -0.2) is 29.1 Å². The number of Topliss-reactive ketones (excluding diaryl/α,β-unsaturated/α-hetero) is 1. The van der Waals surface area contributed by atoms with E-state index in [1.807, 2.05) is 17.5 Å². The van der Waals surface area contributed by atoms with E-state index in [2.05, 4.69) is 34.1 Å². The van der Waals surface area contributed by atoms with E-state index in [1.54, 1.807) is 25.4 Å². The van der Waals surface area contributed by atoms with Gasteiger partial charge in [-0.25, -0.2) is 0 Å². The second-order valence-electron chi connectivity index (χ2n) is 9.10. The molecule has 6 nitrogen and oxygen atoms in total. The smallest absolute Gasteiger partial charge is 0.223 e. The number of thiophene rings is 1. The maximum absolute atomic E-state index is 12.1. The van der Waals surface area contributed by atoms with Gasteiger partial charge in [-0.05, 0) is 62.3 Å². The molecule has 0 bridgehead atoms. The highest BCUT2D eigenvalue weighted by atomic mass is 32.1. The number of hydrogen-bond donors (Lipinski definition) is 0. The molecule has 0 saturated heterocycles. The van der Waals surface area contributed by atoms with Crippen LogP contribution in [0.2, 0.25) is 0 Å². The molecule has 2 aliphatic carbocycles. The van der Waals surface area contributed by atoms with Crippen molar-refractivity contribution in [2.24, 2.45) is 0 Å². The first kappa shape index (κ1) is 22.7. The molecule has 2 fully saturated rings. The maximum atomic E-state index is 12.1. The van der Waals surface area contributed by atoms with E-state index in [9.17, 15) is 4.79 Å². The lowest BCUT2D eigenvalue weighted by molar-refractivity contribution is -0.120. The van der Waals surface area contributed by atoms with Crippen molar-refractivity contribution in [2.45, 2.75) is 69.8 Å². The minimum atomic E-state index is -0.404. The molecule has 2 aliphatic rings. The van der Waals surface area contributed by atoms with Crippen molar-refractivity contribution in [3.05, 3.63) is 46.7 Å². The van der Waals surface area contributed by atoms with Gasteiger partial charge in [-0.2, -0.15) is 4.98 Å². The first-order valence-corrected chi connectivity index (χ1v) is 12.7. The summed E-state index contributed by atoms with van der Waals surface area (Å²) in [6.07, 6.45) is 7.28. The van der Waals surface area contributed by atoms with Crippen LogP contribution in [0, 0.1) is 18.8 Å². The molecule has 2 heterocycles. The summed E-state index contributed by atoms with van der Waals surface area (Å²) in [4.78, 5) is 17.3. The predicted molar refractivity (Wildman–Crippen MR) is 130 cm³/mol. The van der Waals surface area contributed by atoms with Gasteiger partial charge in [0.1, 0.15) is 5.78 Å². The van der Waals surface area contributed by atoms with Crippen LogP contribution in [0.3, 0.4) is 0 Å².